The van der Waals surface area contributed by atoms with Crippen molar-refractivity contribution in [2.75, 3.05) is 19.6 Å². The highest BCUT2D eigenvalue weighted by Crippen LogP contribution is 2.24. The first-order valence-electron chi connectivity index (χ1n) is 13.1. The van der Waals surface area contributed by atoms with Crippen molar-refractivity contribution in [1.82, 2.24) is 29.7 Å². The quantitative estimate of drug-likeness (QED) is 0.233. The van der Waals surface area contributed by atoms with Gasteiger partial charge in [0.25, 0.3) is 0 Å². The van der Waals surface area contributed by atoms with Crippen LogP contribution in [-0.4, -0.2) is 49.4 Å². The Morgan fingerprint density at radius 3 is 2.14 bits per heavy atom. The molecule has 2 N–H and O–H groups in total. The molecule has 1 unspecified atom stereocenters. The summed E-state index contributed by atoms with van der Waals surface area (Å²) in [4.78, 5) is 20.4. The number of H-pyrrole nitrogens is 2. The van der Waals surface area contributed by atoms with Gasteiger partial charge >= 0.3 is 0 Å². The fraction of sp³-hybridized carbons (Fsp3) is 0.448. The third kappa shape index (κ3) is 7.03. The third-order valence-electron chi connectivity index (χ3n) is 6.74. The molecule has 186 valence electrons. The molecule has 0 aliphatic carbocycles. The van der Waals surface area contributed by atoms with Gasteiger partial charge in [-0.3, -0.25) is 4.90 Å². The van der Waals surface area contributed by atoms with Gasteiger partial charge in [0.2, 0.25) is 0 Å². The SMILES string of the molecule is CCCN(CCC)CCCc1ccc2cc(CN(Cc3ncc[nH]3)C(C)c3ncc[nH]3)ccc2c1. The molecule has 0 saturated heterocycles. The Bertz CT molecular complexity index is 1130. The van der Waals surface area contributed by atoms with Gasteiger partial charge in [-0.25, -0.2) is 9.97 Å². The van der Waals surface area contributed by atoms with Gasteiger partial charge < -0.3 is 14.9 Å². The fourth-order valence-electron chi connectivity index (χ4n) is 4.89. The maximum atomic E-state index is 4.49. The predicted octanol–water partition coefficient (Wildman–Crippen LogP) is 6.10. The van der Waals surface area contributed by atoms with Crippen molar-refractivity contribution in [2.45, 2.75) is 65.6 Å². The summed E-state index contributed by atoms with van der Waals surface area (Å²) in [6, 6.07) is 14.0. The lowest BCUT2D eigenvalue weighted by atomic mass is 10.0. The van der Waals surface area contributed by atoms with Crippen molar-refractivity contribution < 1.29 is 0 Å². The number of benzene rings is 2. The molecule has 2 aromatic carbocycles. The molecule has 6 nitrogen and oxygen atoms in total. The molecule has 2 heterocycles. The van der Waals surface area contributed by atoms with E-state index in [2.05, 4.69) is 86.9 Å². The van der Waals surface area contributed by atoms with Gasteiger partial charge in [-0.2, -0.15) is 0 Å². The van der Waals surface area contributed by atoms with Crippen LogP contribution < -0.4 is 0 Å². The first-order chi connectivity index (χ1) is 17.2. The molecule has 0 aliphatic rings. The van der Waals surface area contributed by atoms with Gasteiger partial charge in [0.05, 0.1) is 12.6 Å². The molecule has 0 saturated carbocycles. The number of fused-ring (bicyclic) bond motifs is 1. The summed E-state index contributed by atoms with van der Waals surface area (Å²) in [5.74, 6) is 1.93. The number of nitrogens with one attached hydrogen (secondary N) is 2. The molecule has 1 atom stereocenters. The van der Waals surface area contributed by atoms with E-state index in [-0.39, 0.29) is 6.04 Å². The van der Waals surface area contributed by atoms with Crippen LogP contribution in [-0.2, 0) is 19.5 Å². The summed E-state index contributed by atoms with van der Waals surface area (Å²) in [6.07, 6.45) is 12.2. The smallest absolute Gasteiger partial charge is 0.123 e. The Kier molecular flexibility index (Phi) is 9.09. The zero-order chi connectivity index (χ0) is 24.5. The van der Waals surface area contributed by atoms with Crippen LogP contribution in [0.1, 0.15) is 68.9 Å². The molecule has 0 amide bonds. The van der Waals surface area contributed by atoms with Crippen molar-refractivity contribution in [2.24, 2.45) is 0 Å². The van der Waals surface area contributed by atoms with Crippen LogP contribution in [0.2, 0.25) is 0 Å². The number of rotatable bonds is 14. The van der Waals surface area contributed by atoms with Crippen molar-refractivity contribution >= 4 is 10.8 Å². The molecule has 0 bridgehead atoms. The normalized spacial score (nSPS) is 12.7. The minimum absolute atomic E-state index is 0.146. The van der Waals surface area contributed by atoms with E-state index in [0.29, 0.717) is 0 Å². The van der Waals surface area contributed by atoms with Crippen molar-refractivity contribution in [1.29, 1.82) is 0 Å². The molecule has 2 aromatic heterocycles. The van der Waals surface area contributed by atoms with E-state index >= 15 is 0 Å². The highest BCUT2D eigenvalue weighted by atomic mass is 15.2. The van der Waals surface area contributed by atoms with E-state index in [1.807, 2.05) is 24.8 Å². The molecular formula is C29H40N6. The maximum absolute atomic E-state index is 4.49. The maximum Gasteiger partial charge on any atom is 0.123 e. The van der Waals surface area contributed by atoms with E-state index in [0.717, 1.165) is 31.2 Å². The van der Waals surface area contributed by atoms with Crippen LogP contribution in [0.5, 0.6) is 0 Å². The second-order valence-corrected chi connectivity index (χ2v) is 9.55. The Morgan fingerprint density at radius 1 is 0.800 bits per heavy atom. The highest BCUT2D eigenvalue weighted by Gasteiger charge is 2.19. The van der Waals surface area contributed by atoms with Crippen molar-refractivity contribution in [3.8, 4) is 0 Å². The van der Waals surface area contributed by atoms with Gasteiger partial charge in [0.15, 0.2) is 0 Å². The van der Waals surface area contributed by atoms with Crippen LogP contribution in [0.3, 0.4) is 0 Å². The summed E-state index contributed by atoms with van der Waals surface area (Å²) in [5, 5.41) is 2.62. The van der Waals surface area contributed by atoms with Crippen LogP contribution >= 0.6 is 0 Å². The summed E-state index contributed by atoms with van der Waals surface area (Å²) >= 11 is 0. The number of imidazole rings is 2. The van der Waals surface area contributed by atoms with E-state index in [4.69, 9.17) is 0 Å². The summed E-state index contributed by atoms with van der Waals surface area (Å²) in [7, 11) is 0. The monoisotopic (exact) mass is 472 g/mol. The van der Waals surface area contributed by atoms with E-state index in [1.165, 1.54) is 60.8 Å². The lowest BCUT2D eigenvalue weighted by Crippen LogP contribution is -2.27. The first kappa shape index (κ1) is 25.1. The second-order valence-electron chi connectivity index (χ2n) is 9.55. The lowest BCUT2D eigenvalue weighted by Gasteiger charge is -2.27. The average Bonchev–Trinajstić information content (AvgIpc) is 3.58. The average molecular weight is 473 g/mol. The van der Waals surface area contributed by atoms with E-state index in [1.54, 1.807) is 0 Å². The van der Waals surface area contributed by atoms with Crippen LogP contribution in [0.4, 0.5) is 0 Å². The van der Waals surface area contributed by atoms with E-state index in [9.17, 15) is 0 Å². The van der Waals surface area contributed by atoms with Gasteiger partial charge in [-0.1, -0.05) is 44.2 Å². The Labute approximate surface area is 209 Å². The topological polar surface area (TPSA) is 63.8 Å². The number of nitrogens with zero attached hydrogens (tertiary/aromatic N) is 4. The van der Waals surface area contributed by atoms with E-state index < -0.39 is 0 Å². The molecule has 0 spiro atoms. The number of aryl methyl sites for hydroxylation is 1. The zero-order valence-electron chi connectivity index (χ0n) is 21.5. The number of aromatic amines is 2. The molecular weight excluding hydrogens is 432 g/mol. The summed E-state index contributed by atoms with van der Waals surface area (Å²) in [5.41, 5.74) is 2.73. The number of hydrogen-bond acceptors (Lipinski definition) is 4. The minimum atomic E-state index is 0.146. The second kappa shape index (κ2) is 12.7. The number of hydrogen-bond donors (Lipinski definition) is 2. The van der Waals surface area contributed by atoms with Crippen molar-refractivity contribution in [3.05, 3.63) is 84.0 Å². The van der Waals surface area contributed by atoms with Crippen molar-refractivity contribution in [3.63, 3.8) is 0 Å². The van der Waals surface area contributed by atoms with Gasteiger partial charge in [-0.15, -0.1) is 0 Å². The Balaban J connectivity index is 1.43. The molecule has 4 aromatic rings. The first-order valence-corrected chi connectivity index (χ1v) is 13.1. The largest absolute Gasteiger partial charge is 0.348 e. The van der Waals surface area contributed by atoms with Crippen LogP contribution in [0, 0.1) is 0 Å². The molecule has 0 aliphatic heterocycles. The van der Waals surface area contributed by atoms with Gasteiger partial charge in [-0.05, 0) is 80.2 Å². The lowest BCUT2D eigenvalue weighted by molar-refractivity contribution is 0.181. The molecule has 0 fully saturated rings. The van der Waals surface area contributed by atoms with Gasteiger partial charge in [0, 0.05) is 31.3 Å². The van der Waals surface area contributed by atoms with Crippen LogP contribution in [0.15, 0.2) is 61.2 Å². The Morgan fingerprint density at radius 2 is 1.49 bits per heavy atom. The molecule has 0 radical (unpaired) electrons. The predicted molar refractivity (Wildman–Crippen MR) is 144 cm³/mol. The standard InChI is InChI=1S/C29H40N6/c1-4-16-34(17-5-2)18-6-7-24-8-10-27-20-25(9-11-26(27)19-24)21-35(22-28-30-12-13-31-28)23(3)29-32-14-15-33-29/h8-15,19-20,23H,4-7,16-18,21-22H2,1-3H3,(H,30,31)(H,32,33). The zero-order valence-corrected chi connectivity index (χ0v) is 21.5. The minimum Gasteiger partial charge on any atom is -0.348 e. The van der Waals surface area contributed by atoms with Crippen LogP contribution in [0.25, 0.3) is 10.8 Å². The summed E-state index contributed by atoms with van der Waals surface area (Å²) < 4.78 is 0. The number of aromatic nitrogens is 4. The summed E-state index contributed by atoms with van der Waals surface area (Å²) in [6.45, 7) is 11.9. The van der Waals surface area contributed by atoms with Gasteiger partial charge in [0.1, 0.15) is 11.6 Å². The third-order valence-corrected chi connectivity index (χ3v) is 6.74. The molecule has 35 heavy (non-hydrogen) atoms. The molecule has 6 heteroatoms. The highest BCUT2D eigenvalue weighted by molar-refractivity contribution is 5.83. The Hall–Kier alpha value is -2.96. The fourth-order valence-corrected chi connectivity index (χ4v) is 4.89. The molecule has 4 rings (SSSR count).